The Kier molecular flexibility index (Phi) is 6.64. The van der Waals surface area contributed by atoms with Crippen LogP contribution in [0.3, 0.4) is 0 Å². The number of esters is 1. The van der Waals surface area contributed by atoms with Gasteiger partial charge in [0.05, 0.1) is 7.11 Å². The highest BCUT2D eigenvalue weighted by atomic mass is 16.6. The minimum atomic E-state index is -0.471. The second-order valence-electron chi connectivity index (χ2n) is 4.73. The maximum atomic E-state index is 11.8. The second kappa shape index (κ2) is 8.47. The molecule has 22 heavy (non-hydrogen) atoms. The molecule has 0 unspecified atom stereocenters. The maximum absolute atomic E-state index is 11.8. The fourth-order valence-electron chi connectivity index (χ4n) is 1.52. The first-order valence-electron chi connectivity index (χ1n) is 6.68. The third-order valence-electron chi connectivity index (χ3n) is 2.56. The average molecular weight is 302 g/mol. The van der Waals surface area contributed by atoms with Crippen molar-refractivity contribution in [3.8, 4) is 11.8 Å². The molecule has 0 atom stereocenters. The lowest BCUT2D eigenvalue weighted by atomic mass is 10.1. The normalized spacial score (nSPS) is 10.8. The summed E-state index contributed by atoms with van der Waals surface area (Å²) < 4.78 is 9.67. The standard InChI is InChI=1S/C16H18N2O4/c1-11(2)18-16(20)13(9-17)8-12-4-6-14(7-5-12)22-10-15(19)21-3/h4-8,11H,10H2,1-3H3,(H,18,20)/b13-8-. The lowest BCUT2D eigenvalue weighted by molar-refractivity contribution is -0.142. The molecular weight excluding hydrogens is 284 g/mol. The van der Waals surface area contributed by atoms with Crippen LogP contribution in [0.1, 0.15) is 19.4 Å². The molecule has 1 aromatic rings. The molecule has 1 rings (SSSR count). The van der Waals surface area contributed by atoms with Gasteiger partial charge in [0.2, 0.25) is 0 Å². The van der Waals surface area contributed by atoms with E-state index >= 15 is 0 Å². The number of amides is 1. The summed E-state index contributed by atoms with van der Waals surface area (Å²) in [5.41, 5.74) is 0.706. The third-order valence-corrected chi connectivity index (χ3v) is 2.56. The van der Waals surface area contributed by atoms with Gasteiger partial charge in [0.1, 0.15) is 17.4 Å². The van der Waals surface area contributed by atoms with Crippen LogP contribution in [0.5, 0.6) is 5.75 Å². The summed E-state index contributed by atoms with van der Waals surface area (Å²) in [6.45, 7) is 3.46. The second-order valence-corrected chi connectivity index (χ2v) is 4.73. The number of carbonyl (C=O) groups is 2. The van der Waals surface area contributed by atoms with E-state index in [0.717, 1.165) is 0 Å². The Hall–Kier alpha value is -2.81. The Morgan fingerprint density at radius 3 is 2.45 bits per heavy atom. The van der Waals surface area contributed by atoms with Crippen LogP contribution in [0.25, 0.3) is 6.08 Å². The Labute approximate surface area is 129 Å². The first kappa shape index (κ1) is 17.2. The fourth-order valence-corrected chi connectivity index (χ4v) is 1.52. The van der Waals surface area contributed by atoms with Gasteiger partial charge in [0.25, 0.3) is 5.91 Å². The molecule has 0 fully saturated rings. The molecule has 0 bridgehead atoms. The van der Waals surface area contributed by atoms with Crippen LogP contribution in [0.4, 0.5) is 0 Å². The highest BCUT2D eigenvalue weighted by molar-refractivity contribution is 6.01. The number of nitriles is 1. The van der Waals surface area contributed by atoms with Gasteiger partial charge in [0, 0.05) is 6.04 Å². The monoisotopic (exact) mass is 302 g/mol. The molecule has 0 aliphatic rings. The SMILES string of the molecule is COC(=O)COc1ccc(/C=C(/C#N)C(=O)NC(C)C)cc1. The smallest absolute Gasteiger partial charge is 0.343 e. The van der Waals surface area contributed by atoms with Crippen molar-refractivity contribution in [1.82, 2.24) is 5.32 Å². The van der Waals surface area contributed by atoms with Gasteiger partial charge in [-0.3, -0.25) is 4.79 Å². The summed E-state index contributed by atoms with van der Waals surface area (Å²) in [7, 11) is 1.28. The number of nitrogens with one attached hydrogen (secondary N) is 1. The van der Waals surface area contributed by atoms with E-state index < -0.39 is 11.9 Å². The zero-order valence-electron chi connectivity index (χ0n) is 12.8. The summed E-state index contributed by atoms with van der Waals surface area (Å²) >= 11 is 0. The minimum absolute atomic E-state index is 0.0249. The number of rotatable bonds is 6. The highest BCUT2D eigenvalue weighted by Gasteiger charge is 2.10. The molecule has 0 aromatic heterocycles. The highest BCUT2D eigenvalue weighted by Crippen LogP contribution is 2.14. The van der Waals surface area contributed by atoms with Gasteiger partial charge in [-0.15, -0.1) is 0 Å². The van der Waals surface area contributed by atoms with Crippen LogP contribution in [-0.2, 0) is 14.3 Å². The number of ether oxygens (including phenoxy) is 2. The predicted molar refractivity (Wildman–Crippen MR) is 80.8 cm³/mol. The Morgan fingerprint density at radius 2 is 1.95 bits per heavy atom. The van der Waals surface area contributed by atoms with Gasteiger partial charge in [-0.25, -0.2) is 4.79 Å². The third kappa shape index (κ3) is 5.67. The van der Waals surface area contributed by atoms with E-state index in [9.17, 15) is 9.59 Å². The molecule has 116 valence electrons. The summed E-state index contributed by atoms with van der Waals surface area (Å²) in [6, 6.07) is 8.49. The van der Waals surface area contributed by atoms with Crippen molar-refractivity contribution in [2.45, 2.75) is 19.9 Å². The van der Waals surface area contributed by atoms with Gasteiger partial charge in [0.15, 0.2) is 6.61 Å². The number of carbonyl (C=O) groups excluding carboxylic acids is 2. The van der Waals surface area contributed by atoms with E-state index in [1.165, 1.54) is 13.2 Å². The molecule has 0 spiro atoms. The van der Waals surface area contributed by atoms with E-state index in [4.69, 9.17) is 10.00 Å². The quantitative estimate of drug-likeness (QED) is 0.490. The predicted octanol–water partition coefficient (Wildman–Crippen LogP) is 1.67. The van der Waals surface area contributed by atoms with Crippen LogP contribution in [0.15, 0.2) is 29.8 Å². The van der Waals surface area contributed by atoms with Crippen molar-refractivity contribution in [3.05, 3.63) is 35.4 Å². The van der Waals surface area contributed by atoms with Gasteiger partial charge < -0.3 is 14.8 Å². The summed E-state index contributed by atoms with van der Waals surface area (Å²) in [5, 5.41) is 11.7. The van der Waals surface area contributed by atoms with Gasteiger partial charge in [-0.2, -0.15) is 5.26 Å². The molecule has 0 saturated heterocycles. The van der Waals surface area contributed by atoms with Crippen molar-refractivity contribution in [1.29, 1.82) is 5.26 Å². The molecule has 1 aromatic carbocycles. The fraction of sp³-hybridized carbons (Fsp3) is 0.312. The van der Waals surface area contributed by atoms with Crippen LogP contribution in [-0.4, -0.2) is 31.6 Å². The molecule has 6 heteroatoms. The summed E-state index contributed by atoms with van der Waals surface area (Å²) in [6.07, 6.45) is 1.49. The lowest BCUT2D eigenvalue weighted by Crippen LogP contribution is -2.30. The first-order valence-corrected chi connectivity index (χ1v) is 6.68. The Bertz CT molecular complexity index is 598. The molecular formula is C16H18N2O4. The first-order chi connectivity index (χ1) is 10.5. The average Bonchev–Trinajstić information content (AvgIpc) is 2.50. The number of benzene rings is 1. The Morgan fingerprint density at radius 1 is 1.32 bits per heavy atom. The molecule has 0 aliphatic heterocycles. The van der Waals surface area contributed by atoms with Crippen LogP contribution >= 0.6 is 0 Å². The molecule has 0 heterocycles. The molecule has 0 radical (unpaired) electrons. The van der Waals surface area contributed by atoms with Crippen molar-refractivity contribution < 1.29 is 19.1 Å². The van der Waals surface area contributed by atoms with Gasteiger partial charge >= 0.3 is 5.97 Å². The summed E-state index contributed by atoms with van der Waals surface area (Å²) in [4.78, 5) is 22.8. The molecule has 1 N–H and O–H groups in total. The number of hydrogen-bond donors (Lipinski definition) is 1. The van der Waals surface area contributed by atoms with Crippen LogP contribution in [0.2, 0.25) is 0 Å². The molecule has 0 saturated carbocycles. The van der Waals surface area contributed by atoms with E-state index in [0.29, 0.717) is 11.3 Å². The maximum Gasteiger partial charge on any atom is 0.343 e. The largest absolute Gasteiger partial charge is 0.482 e. The minimum Gasteiger partial charge on any atom is -0.482 e. The van der Waals surface area contributed by atoms with E-state index in [1.54, 1.807) is 24.3 Å². The molecule has 6 nitrogen and oxygen atoms in total. The van der Waals surface area contributed by atoms with E-state index in [-0.39, 0.29) is 18.2 Å². The van der Waals surface area contributed by atoms with Crippen LogP contribution < -0.4 is 10.1 Å². The van der Waals surface area contributed by atoms with Crippen molar-refractivity contribution in [2.75, 3.05) is 13.7 Å². The number of methoxy groups -OCH3 is 1. The zero-order valence-corrected chi connectivity index (χ0v) is 12.8. The van der Waals surface area contributed by atoms with Crippen molar-refractivity contribution in [3.63, 3.8) is 0 Å². The molecule has 1 amide bonds. The van der Waals surface area contributed by atoms with Crippen molar-refractivity contribution >= 4 is 18.0 Å². The number of nitrogens with zero attached hydrogens (tertiary/aromatic N) is 1. The van der Waals surface area contributed by atoms with Gasteiger partial charge in [-0.1, -0.05) is 12.1 Å². The van der Waals surface area contributed by atoms with Gasteiger partial charge in [-0.05, 0) is 37.6 Å². The summed E-state index contributed by atoms with van der Waals surface area (Å²) in [5.74, 6) is -0.391. The van der Waals surface area contributed by atoms with Crippen molar-refractivity contribution in [2.24, 2.45) is 0 Å². The Balaban J connectivity index is 2.76. The van der Waals surface area contributed by atoms with E-state index in [2.05, 4.69) is 10.1 Å². The number of hydrogen-bond acceptors (Lipinski definition) is 5. The van der Waals surface area contributed by atoms with E-state index in [1.807, 2.05) is 19.9 Å². The zero-order chi connectivity index (χ0) is 16.5. The lowest BCUT2D eigenvalue weighted by Gasteiger charge is -2.07. The molecule has 0 aliphatic carbocycles. The topological polar surface area (TPSA) is 88.4 Å². The van der Waals surface area contributed by atoms with Crippen LogP contribution in [0, 0.1) is 11.3 Å².